The molecule has 0 spiro atoms. The highest BCUT2D eigenvalue weighted by molar-refractivity contribution is 5.80. The molecule has 0 amide bonds. The van der Waals surface area contributed by atoms with Crippen LogP contribution in [0.3, 0.4) is 0 Å². The zero-order valence-corrected chi connectivity index (χ0v) is 13.2. The van der Waals surface area contributed by atoms with Gasteiger partial charge in [-0.2, -0.15) is 0 Å². The van der Waals surface area contributed by atoms with Crippen molar-refractivity contribution in [2.45, 2.75) is 39.5 Å². The molecule has 0 radical (unpaired) electrons. The standard InChI is InChI=1S/C17H27NO3/c1-3-18(4-2)16-10-9-15(14-20)17(13-16)21-12-8-6-5-7-11-19/h9-10,13-14,19H,3-8,11-12H2,1-2H3. The Morgan fingerprint density at radius 1 is 1.14 bits per heavy atom. The molecule has 0 fully saturated rings. The molecule has 0 bridgehead atoms. The Morgan fingerprint density at radius 2 is 1.86 bits per heavy atom. The van der Waals surface area contributed by atoms with Gasteiger partial charge in [-0.3, -0.25) is 4.79 Å². The van der Waals surface area contributed by atoms with Gasteiger partial charge in [0.25, 0.3) is 0 Å². The Morgan fingerprint density at radius 3 is 2.48 bits per heavy atom. The molecule has 0 saturated carbocycles. The van der Waals surface area contributed by atoms with Crippen LogP contribution in [0.25, 0.3) is 0 Å². The van der Waals surface area contributed by atoms with Crippen LogP contribution >= 0.6 is 0 Å². The Kier molecular flexibility index (Phi) is 8.51. The van der Waals surface area contributed by atoms with E-state index < -0.39 is 0 Å². The van der Waals surface area contributed by atoms with E-state index in [-0.39, 0.29) is 6.61 Å². The first-order valence-corrected chi connectivity index (χ1v) is 7.84. The number of aliphatic hydroxyl groups is 1. The smallest absolute Gasteiger partial charge is 0.153 e. The molecule has 0 aromatic heterocycles. The maximum absolute atomic E-state index is 11.1. The maximum atomic E-state index is 11.1. The average Bonchev–Trinajstić information content (AvgIpc) is 2.52. The Bertz CT molecular complexity index is 416. The van der Waals surface area contributed by atoms with Gasteiger partial charge in [-0.15, -0.1) is 0 Å². The van der Waals surface area contributed by atoms with Crippen molar-refractivity contribution in [3.8, 4) is 5.75 Å². The molecule has 21 heavy (non-hydrogen) atoms. The first kappa shape index (κ1) is 17.5. The summed E-state index contributed by atoms with van der Waals surface area (Å²) in [6.07, 6.45) is 4.67. The largest absolute Gasteiger partial charge is 0.493 e. The molecule has 0 aliphatic rings. The summed E-state index contributed by atoms with van der Waals surface area (Å²) in [5.74, 6) is 0.663. The lowest BCUT2D eigenvalue weighted by Gasteiger charge is -2.22. The summed E-state index contributed by atoms with van der Waals surface area (Å²) < 4.78 is 5.77. The number of aldehydes is 1. The number of anilines is 1. The molecule has 0 aliphatic carbocycles. The van der Waals surface area contributed by atoms with Crippen molar-refractivity contribution < 1.29 is 14.6 Å². The quantitative estimate of drug-likeness (QED) is 0.502. The second-order valence-corrected chi connectivity index (χ2v) is 5.00. The molecule has 1 aromatic rings. The number of nitrogens with zero attached hydrogens (tertiary/aromatic N) is 1. The second kappa shape index (κ2) is 10.2. The number of hydrogen-bond acceptors (Lipinski definition) is 4. The number of ether oxygens (including phenoxy) is 1. The van der Waals surface area contributed by atoms with Gasteiger partial charge in [0.1, 0.15) is 5.75 Å². The fourth-order valence-electron chi connectivity index (χ4n) is 2.28. The highest BCUT2D eigenvalue weighted by Gasteiger charge is 2.08. The average molecular weight is 293 g/mol. The van der Waals surface area contributed by atoms with E-state index in [9.17, 15) is 4.79 Å². The minimum atomic E-state index is 0.252. The first-order chi connectivity index (χ1) is 10.3. The number of carbonyl (C=O) groups excluding carboxylic acids is 1. The third-order valence-corrected chi connectivity index (χ3v) is 3.56. The third kappa shape index (κ3) is 5.76. The molecule has 0 atom stereocenters. The van der Waals surface area contributed by atoms with E-state index in [0.717, 1.165) is 50.7 Å². The number of aliphatic hydroxyl groups excluding tert-OH is 1. The molecule has 4 heteroatoms. The van der Waals surface area contributed by atoms with Gasteiger partial charge >= 0.3 is 0 Å². The van der Waals surface area contributed by atoms with Gasteiger partial charge < -0.3 is 14.7 Å². The number of benzene rings is 1. The van der Waals surface area contributed by atoms with Crippen LogP contribution < -0.4 is 9.64 Å². The predicted octanol–water partition coefficient (Wildman–Crippen LogP) is 3.28. The summed E-state index contributed by atoms with van der Waals surface area (Å²) in [5.41, 5.74) is 1.68. The summed E-state index contributed by atoms with van der Waals surface area (Å²) in [7, 11) is 0. The molecule has 0 aliphatic heterocycles. The number of unbranched alkanes of at least 4 members (excludes halogenated alkanes) is 3. The van der Waals surface area contributed by atoms with Crippen LogP contribution in [0.15, 0.2) is 18.2 Å². The summed E-state index contributed by atoms with van der Waals surface area (Å²) >= 11 is 0. The summed E-state index contributed by atoms with van der Waals surface area (Å²) in [5, 5.41) is 8.72. The first-order valence-electron chi connectivity index (χ1n) is 7.84. The number of rotatable bonds is 11. The SMILES string of the molecule is CCN(CC)c1ccc(C=O)c(OCCCCCCO)c1. The van der Waals surface area contributed by atoms with Crippen LogP contribution in [-0.4, -0.2) is 37.7 Å². The van der Waals surface area contributed by atoms with Gasteiger partial charge in [0.15, 0.2) is 6.29 Å². The van der Waals surface area contributed by atoms with Crippen LogP contribution in [0.4, 0.5) is 5.69 Å². The predicted molar refractivity (Wildman–Crippen MR) is 86.4 cm³/mol. The second-order valence-electron chi connectivity index (χ2n) is 5.00. The van der Waals surface area contributed by atoms with Gasteiger partial charge in [-0.25, -0.2) is 0 Å². The molecule has 0 heterocycles. The molecule has 0 saturated heterocycles. The van der Waals surface area contributed by atoms with Crippen molar-refractivity contribution in [1.29, 1.82) is 0 Å². The summed E-state index contributed by atoms with van der Waals surface area (Å²) in [6, 6.07) is 5.73. The van der Waals surface area contributed by atoms with Gasteiger partial charge in [0.2, 0.25) is 0 Å². The topological polar surface area (TPSA) is 49.8 Å². The van der Waals surface area contributed by atoms with E-state index in [1.165, 1.54) is 0 Å². The van der Waals surface area contributed by atoms with Crippen molar-refractivity contribution in [3.05, 3.63) is 23.8 Å². The Hall–Kier alpha value is -1.55. The van der Waals surface area contributed by atoms with E-state index in [4.69, 9.17) is 9.84 Å². The lowest BCUT2D eigenvalue weighted by atomic mass is 10.1. The summed E-state index contributed by atoms with van der Waals surface area (Å²) in [6.45, 7) is 6.93. The fourth-order valence-corrected chi connectivity index (χ4v) is 2.28. The number of carbonyl (C=O) groups is 1. The van der Waals surface area contributed by atoms with Gasteiger partial charge in [0, 0.05) is 31.5 Å². The van der Waals surface area contributed by atoms with E-state index in [1.807, 2.05) is 18.2 Å². The normalized spacial score (nSPS) is 10.4. The Labute approximate surface area is 127 Å². The lowest BCUT2D eigenvalue weighted by Crippen LogP contribution is -2.21. The molecule has 118 valence electrons. The fraction of sp³-hybridized carbons (Fsp3) is 0.588. The van der Waals surface area contributed by atoms with Gasteiger partial charge in [-0.1, -0.05) is 6.42 Å². The van der Waals surface area contributed by atoms with E-state index in [0.29, 0.717) is 17.9 Å². The minimum absolute atomic E-state index is 0.252. The molecule has 0 unspecified atom stereocenters. The van der Waals surface area contributed by atoms with E-state index >= 15 is 0 Å². The van der Waals surface area contributed by atoms with Crippen LogP contribution in [-0.2, 0) is 0 Å². The van der Waals surface area contributed by atoms with Crippen LogP contribution in [0.2, 0.25) is 0 Å². The lowest BCUT2D eigenvalue weighted by molar-refractivity contribution is 0.111. The van der Waals surface area contributed by atoms with Crippen molar-refractivity contribution >= 4 is 12.0 Å². The number of hydrogen-bond donors (Lipinski definition) is 1. The van der Waals surface area contributed by atoms with Gasteiger partial charge in [0.05, 0.1) is 12.2 Å². The molecule has 4 nitrogen and oxygen atoms in total. The zero-order chi connectivity index (χ0) is 15.5. The van der Waals surface area contributed by atoms with Gasteiger partial charge in [-0.05, 0) is 45.2 Å². The molecule has 1 aromatic carbocycles. The molecule has 1 N–H and O–H groups in total. The van der Waals surface area contributed by atoms with Crippen LogP contribution in [0.5, 0.6) is 5.75 Å². The summed E-state index contributed by atoms with van der Waals surface area (Å²) in [4.78, 5) is 13.3. The zero-order valence-electron chi connectivity index (χ0n) is 13.2. The third-order valence-electron chi connectivity index (χ3n) is 3.56. The minimum Gasteiger partial charge on any atom is -0.493 e. The monoisotopic (exact) mass is 293 g/mol. The molecular weight excluding hydrogens is 266 g/mol. The van der Waals surface area contributed by atoms with Crippen LogP contribution in [0, 0.1) is 0 Å². The molecule has 1 rings (SSSR count). The van der Waals surface area contributed by atoms with Crippen molar-refractivity contribution in [2.75, 3.05) is 31.2 Å². The highest BCUT2D eigenvalue weighted by Crippen LogP contribution is 2.25. The highest BCUT2D eigenvalue weighted by atomic mass is 16.5. The van der Waals surface area contributed by atoms with Crippen LogP contribution in [0.1, 0.15) is 49.9 Å². The maximum Gasteiger partial charge on any atom is 0.153 e. The van der Waals surface area contributed by atoms with E-state index in [2.05, 4.69) is 18.7 Å². The molecular formula is C17H27NO3. The van der Waals surface area contributed by atoms with E-state index in [1.54, 1.807) is 0 Å². The Balaban J connectivity index is 2.61. The van der Waals surface area contributed by atoms with Crippen molar-refractivity contribution in [2.24, 2.45) is 0 Å². The van der Waals surface area contributed by atoms with Crippen molar-refractivity contribution in [3.63, 3.8) is 0 Å². The van der Waals surface area contributed by atoms with Crippen molar-refractivity contribution in [1.82, 2.24) is 0 Å².